The SMILES string of the molecule is CCC[C@@]1(C(C)C)CN1c1nc(Nc2cccc(OC(F)(F)F)c2)c(C(N)=O)cc1F. The fraction of sp³-hybridized carbons (Fsp3) is 0.429. The molecule has 6 nitrogen and oxygen atoms in total. The zero-order valence-electron chi connectivity index (χ0n) is 17.4. The van der Waals surface area contributed by atoms with E-state index in [1.807, 2.05) is 11.8 Å². The lowest BCUT2D eigenvalue weighted by atomic mass is 9.91. The van der Waals surface area contributed by atoms with E-state index < -0.39 is 23.8 Å². The third kappa shape index (κ3) is 4.83. The van der Waals surface area contributed by atoms with E-state index in [-0.39, 0.29) is 34.3 Å². The number of nitrogens with two attached hydrogens (primary N) is 1. The number of amides is 1. The predicted octanol–water partition coefficient (Wildman–Crippen LogP) is 4.98. The van der Waals surface area contributed by atoms with Gasteiger partial charge >= 0.3 is 6.36 Å². The predicted molar refractivity (Wildman–Crippen MR) is 109 cm³/mol. The number of hydrogen-bond acceptors (Lipinski definition) is 5. The summed E-state index contributed by atoms with van der Waals surface area (Å²) in [4.78, 5) is 18.0. The first-order chi connectivity index (χ1) is 14.5. The van der Waals surface area contributed by atoms with Crippen LogP contribution in [0.1, 0.15) is 44.0 Å². The average molecular weight is 440 g/mol. The summed E-state index contributed by atoms with van der Waals surface area (Å²) in [5, 5.41) is 2.77. The molecule has 0 bridgehead atoms. The van der Waals surface area contributed by atoms with Gasteiger partial charge in [-0.15, -0.1) is 13.2 Å². The first-order valence-corrected chi connectivity index (χ1v) is 9.87. The lowest BCUT2D eigenvalue weighted by Gasteiger charge is -2.22. The molecule has 1 aliphatic rings. The molecule has 10 heteroatoms. The quantitative estimate of drug-likeness (QED) is 0.447. The number of carbonyl (C=O) groups is 1. The number of alkyl halides is 3. The number of anilines is 3. The molecule has 0 spiro atoms. The number of halogens is 4. The van der Waals surface area contributed by atoms with Gasteiger partial charge in [-0.2, -0.15) is 0 Å². The van der Waals surface area contributed by atoms with E-state index in [2.05, 4.69) is 28.9 Å². The Balaban J connectivity index is 1.96. The van der Waals surface area contributed by atoms with Gasteiger partial charge in [0, 0.05) is 18.3 Å². The average Bonchev–Trinajstić information content (AvgIpc) is 3.37. The van der Waals surface area contributed by atoms with Crippen LogP contribution in [0, 0.1) is 11.7 Å². The van der Waals surface area contributed by atoms with Crippen LogP contribution in [0.4, 0.5) is 34.9 Å². The Bertz CT molecular complexity index is 980. The zero-order valence-corrected chi connectivity index (χ0v) is 17.4. The number of pyridine rings is 1. The van der Waals surface area contributed by atoms with Crippen LogP contribution in [0.25, 0.3) is 0 Å². The van der Waals surface area contributed by atoms with Crippen molar-refractivity contribution in [3.8, 4) is 5.75 Å². The Morgan fingerprint density at radius 3 is 2.65 bits per heavy atom. The molecule has 0 unspecified atom stereocenters. The van der Waals surface area contributed by atoms with Crippen LogP contribution in [0.2, 0.25) is 0 Å². The van der Waals surface area contributed by atoms with Crippen molar-refractivity contribution in [3.05, 3.63) is 41.7 Å². The second kappa shape index (κ2) is 8.24. The lowest BCUT2D eigenvalue weighted by molar-refractivity contribution is -0.274. The highest BCUT2D eigenvalue weighted by Crippen LogP contribution is 2.47. The topological polar surface area (TPSA) is 80.2 Å². The van der Waals surface area contributed by atoms with E-state index in [0.29, 0.717) is 6.54 Å². The molecule has 0 saturated carbocycles. The molecule has 0 aliphatic carbocycles. The van der Waals surface area contributed by atoms with Crippen molar-refractivity contribution in [2.75, 3.05) is 16.8 Å². The van der Waals surface area contributed by atoms with Crippen molar-refractivity contribution in [1.82, 2.24) is 4.98 Å². The van der Waals surface area contributed by atoms with Crippen molar-refractivity contribution in [3.63, 3.8) is 0 Å². The molecule has 168 valence electrons. The normalized spacial score (nSPS) is 18.3. The number of nitrogens with one attached hydrogen (secondary N) is 1. The Kier molecular flexibility index (Phi) is 6.02. The number of primary amides is 1. The summed E-state index contributed by atoms with van der Waals surface area (Å²) in [5.74, 6) is -1.79. The van der Waals surface area contributed by atoms with E-state index in [1.54, 1.807) is 0 Å². The van der Waals surface area contributed by atoms with Crippen LogP contribution in [0.15, 0.2) is 30.3 Å². The van der Waals surface area contributed by atoms with E-state index in [0.717, 1.165) is 31.0 Å². The minimum atomic E-state index is -4.85. The summed E-state index contributed by atoms with van der Waals surface area (Å²) in [6.45, 7) is 6.77. The van der Waals surface area contributed by atoms with E-state index in [9.17, 15) is 22.4 Å². The monoisotopic (exact) mass is 440 g/mol. The highest BCUT2D eigenvalue weighted by molar-refractivity contribution is 5.98. The summed E-state index contributed by atoms with van der Waals surface area (Å²) in [6, 6.07) is 6.03. The minimum Gasteiger partial charge on any atom is -0.406 e. The molecule has 1 fully saturated rings. The molecule has 3 rings (SSSR count). The number of ether oxygens (including phenoxy) is 1. The van der Waals surface area contributed by atoms with Crippen molar-refractivity contribution < 1.29 is 27.1 Å². The van der Waals surface area contributed by atoms with Crippen LogP contribution >= 0.6 is 0 Å². The van der Waals surface area contributed by atoms with Gasteiger partial charge < -0.3 is 20.7 Å². The van der Waals surface area contributed by atoms with Crippen LogP contribution in [0.5, 0.6) is 5.75 Å². The lowest BCUT2D eigenvalue weighted by Crippen LogP contribution is -2.26. The van der Waals surface area contributed by atoms with Gasteiger partial charge in [0.25, 0.3) is 5.91 Å². The summed E-state index contributed by atoms with van der Waals surface area (Å²) in [7, 11) is 0. The number of hydrogen-bond donors (Lipinski definition) is 2. The maximum absolute atomic E-state index is 14.8. The van der Waals surface area contributed by atoms with Crippen LogP contribution < -0.4 is 20.7 Å². The molecular weight excluding hydrogens is 416 g/mol. The molecule has 1 aromatic carbocycles. The molecule has 1 saturated heterocycles. The molecule has 3 N–H and O–H groups in total. The first kappa shape index (κ1) is 22.6. The van der Waals surface area contributed by atoms with Crippen LogP contribution in [-0.4, -0.2) is 29.3 Å². The van der Waals surface area contributed by atoms with E-state index in [1.165, 1.54) is 12.1 Å². The molecular formula is C21H24F4N4O2. The second-order valence-electron chi connectivity index (χ2n) is 7.85. The van der Waals surface area contributed by atoms with Gasteiger partial charge in [0.1, 0.15) is 11.6 Å². The van der Waals surface area contributed by atoms with Crippen LogP contribution in [0.3, 0.4) is 0 Å². The Hall–Kier alpha value is -3.04. The smallest absolute Gasteiger partial charge is 0.406 e. The summed E-state index contributed by atoms with van der Waals surface area (Å²) >= 11 is 0. The second-order valence-corrected chi connectivity index (χ2v) is 7.85. The van der Waals surface area contributed by atoms with E-state index >= 15 is 0 Å². The van der Waals surface area contributed by atoms with Gasteiger partial charge in [-0.05, 0) is 30.5 Å². The van der Waals surface area contributed by atoms with Crippen LogP contribution in [-0.2, 0) is 0 Å². The third-order valence-corrected chi connectivity index (χ3v) is 5.43. The number of benzene rings is 1. The molecule has 1 atom stereocenters. The van der Waals surface area contributed by atoms with Crippen molar-refractivity contribution in [2.45, 2.75) is 45.5 Å². The summed E-state index contributed by atoms with van der Waals surface area (Å²) in [6.07, 6.45) is -3.09. The fourth-order valence-electron chi connectivity index (χ4n) is 3.81. The molecule has 2 heterocycles. The first-order valence-electron chi connectivity index (χ1n) is 9.87. The minimum absolute atomic E-state index is 0.0471. The number of nitrogens with zero attached hydrogens (tertiary/aromatic N) is 2. The molecule has 1 aliphatic heterocycles. The van der Waals surface area contributed by atoms with Crippen molar-refractivity contribution in [2.24, 2.45) is 11.7 Å². The standard InChI is InChI=1S/C21H24F4N4O2/c1-4-8-20(12(2)3)11-29(20)19-16(22)10-15(17(26)30)18(28-19)27-13-6-5-7-14(9-13)31-21(23,24)25/h5-7,9-10,12H,4,8,11H2,1-3H3,(H2,26,30)(H,27,28)/t20-,29?/m0/s1. The highest BCUT2D eigenvalue weighted by atomic mass is 19.4. The molecule has 31 heavy (non-hydrogen) atoms. The molecule has 0 radical (unpaired) electrons. The summed E-state index contributed by atoms with van der Waals surface area (Å²) in [5.41, 5.74) is 5.10. The third-order valence-electron chi connectivity index (χ3n) is 5.43. The Morgan fingerprint density at radius 1 is 1.35 bits per heavy atom. The van der Waals surface area contributed by atoms with E-state index in [4.69, 9.17) is 5.73 Å². The van der Waals surface area contributed by atoms with Gasteiger partial charge in [0.2, 0.25) is 0 Å². The summed E-state index contributed by atoms with van der Waals surface area (Å²) < 4.78 is 56.2. The number of carbonyl (C=O) groups excluding carboxylic acids is 1. The Labute approximate surface area is 177 Å². The largest absolute Gasteiger partial charge is 0.573 e. The van der Waals surface area contributed by atoms with Crippen molar-refractivity contribution in [1.29, 1.82) is 0 Å². The maximum Gasteiger partial charge on any atom is 0.573 e. The molecule has 1 aromatic heterocycles. The van der Waals surface area contributed by atoms with Gasteiger partial charge in [-0.1, -0.05) is 33.3 Å². The van der Waals surface area contributed by atoms with Gasteiger partial charge in [0.05, 0.1) is 11.1 Å². The fourth-order valence-corrected chi connectivity index (χ4v) is 3.81. The number of aromatic nitrogens is 1. The number of rotatable bonds is 8. The van der Waals surface area contributed by atoms with Gasteiger partial charge in [0.15, 0.2) is 11.6 Å². The van der Waals surface area contributed by atoms with Crippen molar-refractivity contribution >= 4 is 23.2 Å². The molecule has 1 amide bonds. The van der Waals surface area contributed by atoms with Gasteiger partial charge in [-0.3, -0.25) is 4.79 Å². The maximum atomic E-state index is 14.8. The molecule has 2 aromatic rings. The zero-order chi connectivity index (χ0) is 23.0. The Morgan fingerprint density at radius 2 is 2.06 bits per heavy atom. The highest BCUT2D eigenvalue weighted by Gasteiger charge is 2.55. The van der Waals surface area contributed by atoms with Gasteiger partial charge in [-0.25, -0.2) is 9.37 Å².